The van der Waals surface area contributed by atoms with Crippen LogP contribution >= 0.6 is 0 Å². The molecule has 70 valence electrons. The molecule has 0 heterocycles. The molecule has 0 spiro atoms. The van der Waals surface area contributed by atoms with Crippen molar-refractivity contribution in [3.63, 3.8) is 0 Å². The number of nitrogens with zero attached hydrogens (tertiary/aromatic N) is 1. The summed E-state index contributed by atoms with van der Waals surface area (Å²) in [6.45, 7) is 0.0543. The first kappa shape index (κ1) is 10.1. The van der Waals surface area contributed by atoms with Crippen LogP contribution in [0.15, 0.2) is 18.2 Å². The first-order valence-corrected chi connectivity index (χ1v) is 4.17. The molecule has 3 N–H and O–H groups in total. The highest BCUT2D eigenvalue weighted by atomic mass is 16.2. The minimum absolute atomic E-state index is 0.0543. The maximum absolute atomic E-state index is 8.62. The van der Waals surface area contributed by atoms with E-state index in [1.807, 2.05) is 6.07 Å². The lowest BCUT2D eigenvalue weighted by molar-refractivity contribution is 0.305. The van der Waals surface area contributed by atoms with Gasteiger partial charge in [-0.1, -0.05) is 11.8 Å². The fourth-order valence-electron chi connectivity index (χ4n) is 0.963. The largest absolute Gasteiger partial charge is 0.398 e. The minimum atomic E-state index is 0.0543. The lowest BCUT2D eigenvalue weighted by Gasteiger charge is -1.96. The predicted molar refractivity (Wildman–Crippen MR) is 54.2 cm³/mol. The molecule has 1 aromatic rings. The van der Waals surface area contributed by atoms with Gasteiger partial charge in [-0.15, -0.1) is 0 Å². The van der Waals surface area contributed by atoms with Crippen LogP contribution in [0.25, 0.3) is 0 Å². The van der Waals surface area contributed by atoms with Gasteiger partial charge in [0.15, 0.2) is 0 Å². The molecule has 0 bridgehead atoms. The number of hydrogen-bond acceptors (Lipinski definition) is 3. The van der Waals surface area contributed by atoms with Crippen LogP contribution in [-0.2, 0) is 0 Å². The third-order valence-electron chi connectivity index (χ3n) is 1.64. The van der Waals surface area contributed by atoms with Crippen LogP contribution in [-0.4, -0.2) is 11.7 Å². The summed E-state index contributed by atoms with van der Waals surface area (Å²) < 4.78 is 0. The van der Waals surface area contributed by atoms with Gasteiger partial charge in [0.1, 0.15) is 6.07 Å². The third kappa shape index (κ3) is 2.52. The van der Waals surface area contributed by atoms with Gasteiger partial charge >= 0.3 is 0 Å². The standard InChI is InChI=1S/C11H10N2O/c12-8-10-5-4-9(7-11(10)13)3-1-2-6-14/h4-5,7,14H,2,6,13H2. The molecule has 14 heavy (non-hydrogen) atoms. The molecular weight excluding hydrogens is 176 g/mol. The van der Waals surface area contributed by atoms with Gasteiger partial charge in [-0.05, 0) is 18.2 Å². The Morgan fingerprint density at radius 1 is 1.43 bits per heavy atom. The highest BCUT2D eigenvalue weighted by molar-refractivity contribution is 5.58. The topological polar surface area (TPSA) is 70.0 Å². The molecule has 3 heteroatoms. The molecule has 0 aromatic heterocycles. The molecular formula is C11H10N2O. The molecule has 0 fully saturated rings. The molecule has 0 aliphatic heterocycles. The van der Waals surface area contributed by atoms with Crippen LogP contribution in [0.4, 0.5) is 5.69 Å². The molecule has 3 nitrogen and oxygen atoms in total. The Balaban J connectivity index is 2.89. The summed E-state index contributed by atoms with van der Waals surface area (Å²) in [5.41, 5.74) is 7.25. The van der Waals surface area contributed by atoms with Crippen LogP contribution in [0.3, 0.4) is 0 Å². The summed E-state index contributed by atoms with van der Waals surface area (Å²) in [5.74, 6) is 5.62. The van der Waals surface area contributed by atoms with Crippen molar-refractivity contribution in [1.29, 1.82) is 5.26 Å². The van der Waals surface area contributed by atoms with Gasteiger partial charge in [0.25, 0.3) is 0 Å². The number of aliphatic hydroxyl groups excluding tert-OH is 1. The molecule has 1 rings (SSSR count). The first-order chi connectivity index (χ1) is 6.77. The number of benzene rings is 1. The Kier molecular flexibility index (Phi) is 3.55. The summed E-state index contributed by atoms with van der Waals surface area (Å²) in [4.78, 5) is 0. The monoisotopic (exact) mass is 186 g/mol. The van der Waals surface area contributed by atoms with Crippen LogP contribution < -0.4 is 5.73 Å². The maximum Gasteiger partial charge on any atom is 0.101 e. The molecule has 0 aliphatic carbocycles. The van der Waals surface area contributed by atoms with Gasteiger partial charge in [-0.3, -0.25) is 0 Å². The maximum atomic E-state index is 8.62. The summed E-state index contributed by atoms with van der Waals surface area (Å²) in [5, 5.41) is 17.1. The second kappa shape index (κ2) is 4.91. The summed E-state index contributed by atoms with van der Waals surface area (Å²) in [7, 11) is 0. The second-order valence-electron chi connectivity index (χ2n) is 2.69. The summed E-state index contributed by atoms with van der Waals surface area (Å²) in [6.07, 6.45) is 0.444. The van der Waals surface area contributed by atoms with Crippen LogP contribution in [0.1, 0.15) is 17.5 Å². The van der Waals surface area contributed by atoms with E-state index in [2.05, 4.69) is 11.8 Å². The van der Waals surface area contributed by atoms with Crippen LogP contribution in [0.2, 0.25) is 0 Å². The molecule has 0 atom stereocenters. The molecule has 1 aromatic carbocycles. The van der Waals surface area contributed by atoms with Crippen molar-refractivity contribution in [2.45, 2.75) is 6.42 Å². The van der Waals surface area contributed by atoms with Gasteiger partial charge in [0.2, 0.25) is 0 Å². The average molecular weight is 186 g/mol. The Morgan fingerprint density at radius 2 is 2.21 bits per heavy atom. The van der Waals surface area contributed by atoms with E-state index in [4.69, 9.17) is 16.1 Å². The smallest absolute Gasteiger partial charge is 0.101 e. The van der Waals surface area contributed by atoms with Crippen molar-refractivity contribution in [3.8, 4) is 17.9 Å². The van der Waals surface area contributed by atoms with Crippen LogP contribution in [0, 0.1) is 23.2 Å². The van der Waals surface area contributed by atoms with Gasteiger partial charge < -0.3 is 10.8 Å². The zero-order valence-electron chi connectivity index (χ0n) is 7.62. The van der Waals surface area contributed by atoms with E-state index in [-0.39, 0.29) is 6.61 Å². The summed E-state index contributed by atoms with van der Waals surface area (Å²) in [6, 6.07) is 7.00. The number of nitriles is 1. The quantitative estimate of drug-likeness (QED) is 0.505. The van der Waals surface area contributed by atoms with Gasteiger partial charge in [-0.2, -0.15) is 5.26 Å². The number of aliphatic hydroxyl groups is 1. The Hall–Kier alpha value is -1.97. The first-order valence-electron chi connectivity index (χ1n) is 4.17. The van der Waals surface area contributed by atoms with Crippen molar-refractivity contribution in [2.75, 3.05) is 12.3 Å². The average Bonchev–Trinajstić information content (AvgIpc) is 2.18. The Morgan fingerprint density at radius 3 is 2.79 bits per heavy atom. The fraction of sp³-hybridized carbons (Fsp3) is 0.182. The van der Waals surface area contributed by atoms with Crippen molar-refractivity contribution in [1.82, 2.24) is 0 Å². The van der Waals surface area contributed by atoms with E-state index in [1.165, 1.54) is 0 Å². The fourth-order valence-corrected chi connectivity index (χ4v) is 0.963. The zero-order chi connectivity index (χ0) is 10.4. The van der Waals surface area contributed by atoms with E-state index in [0.717, 1.165) is 5.56 Å². The number of nitrogens with two attached hydrogens (primary N) is 1. The Labute approximate surface area is 82.8 Å². The van der Waals surface area contributed by atoms with Crippen molar-refractivity contribution >= 4 is 5.69 Å². The number of anilines is 1. The lowest BCUT2D eigenvalue weighted by atomic mass is 10.1. The minimum Gasteiger partial charge on any atom is -0.398 e. The van der Waals surface area contributed by atoms with Gasteiger partial charge in [0, 0.05) is 12.0 Å². The lowest BCUT2D eigenvalue weighted by Crippen LogP contribution is -1.90. The van der Waals surface area contributed by atoms with E-state index >= 15 is 0 Å². The number of hydrogen-bond donors (Lipinski definition) is 2. The van der Waals surface area contributed by atoms with E-state index in [9.17, 15) is 0 Å². The van der Waals surface area contributed by atoms with E-state index < -0.39 is 0 Å². The van der Waals surface area contributed by atoms with E-state index in [1.54, 1.807) is 18.2 Å². The predicted octanol–water partition coefficient (Wildman–Crippen LogP) is 0.874. The van der Waals surface area contributed by atoms with E-state index in [0.29, 0.717) is 17.7 Å². The highest BCUT2D eigenvalue weighted by Gasteiger charge is 1.96. The van der Waals surface area contributed by atoms with Gasteiger partial charge in [0.05, 0.1) is 17.9 Å². The van der Waals surface area contributed by atoms with Gasteiger partial charge in [-0.25, -0.2) is 0 Å². The third-order valence-corrected chi connectivity index (χ3v) is 1.64. The molecule has 0 saturated carbocycles. The second-order valence-corrected chi connectivity index (χ2v) is 2.69. The highest BCUT2D eigenvalue weighted by Crippen LogP contribution is 2.12. The van der Waals surface area contributed by atoms with Crippen molar-refractivity contribution < 1.29 is 5.11 Å². The molecule has 0 radical (unpaired) electrons. The van der Waals surface area contributed by atoms with Crippen molar-refractivity contribution in [2.24, 2.45) is 0 Å². The molecule has 0 saturated heterocycles. The van der Waals surface area contributed by atoms with Crippen molar-refractivity contribution in [3.05, 3.63) is 29.3 Å². The summed E-state index contributed by atoms with van der Waals surface area (Å²) >= 11 is 0. The molecule has 0 unspecified atom stereocenters. The molecule has 0 aliphatic rings. The number of nitrogen functional groups attached to an aromatic ring is 1. The Bertz CT molecular complexity index is 421. The normalized spacial score (nSPS) is 8.57. The number of rotatable bonds is 1. The van der Waals surface area contributed by atoms with Crippen LogP contribution in [0.5, 0.6) is 0 Å². The SMILES string of the molecule is N#Cc1ccc(C#CCCO)cc1N. The zero-order valence-corrected chi connectivity index (χ0v) is 7.62. The molecule has 0 amide bonds.